The molecule has 0 amide bonds. The first-order valence-electron chi connectivity index (χ1n) is 5.21. The van der Waals surface area contributed by atoms with E-state index in [4.69, 9.17) is 0 Å². The van der Waals surface area contributed by atoms with Gasteiger partial charge in [0.2, 0.25) is 5.88 Å². The molecule has 0 fully saturated rings. The van der Waals surface area contributed by atoms with Crippen LogP contribution in [0, 0.1) is 17.0 Å². The lowest BCUT2D eigenvalue weighted by Crippen LogP contribution is -2.28. The summed E-state index contributed by atoms with van der Waals surface area (Å²) in [5.41, 5.74) is -1.46. The Labute approximate surface area is 105 Å². The lowest BCUT2D eigenvalue weighted by Gasteiger charge is -2.10. The zero-order valence-electron chi connectivity index (χ0n) is 9.78. The van der Waals surface area contributed by atoms with E-state index in [1.807, 2.05) is 4.98 Å². The van der Waals surface area contributed by atoms with Gasteiger partial charge in [0.15, 0.2) is 0 Å². The van der Waals surface area contributed by atoms with Crippen LogP contribution >= 0.6 is 0 Å². The predicted molar refractivity (Wildman–Crippen MR) is 65.7 cm³/mol. The van der Waals surface area contributed by atoms with Gasteiger partial charge in [-0.2, -0.15) is 0 Å². The summed E-state index contributed by atoms with van der Waals surface area (Å²) >= 11 is 0. The first kappa shape index (κ1) is 12.6. The molecule has 0 aliphatic carbocycles. The van der Waals surface area contributed by atoms with E-state index in [-0.39, 0.29) is 16.9 Å². The smallest absolute Gasteiger partial charge is 0.335 e. The Bertz CT molecular complexity index is 775. The molecule has 2 aromatic rings. The Hall–Kier alpha value is -2.90. The SMILES string of the molecule is Cc1c(-n2c(O)cc(=O)[nH]c2=O)cccc1[N+](=O)[O-]. The van der Waals surface area contributed by atoms with Crippen molar-refractivity contribution in [1.29, 1.82) is 0 Å². The first-order valence-corrected chi connectivity index (χ1v) is 5.21. The van der Waals surface area contributed by atoms with E-state index < -0.39 is 22.1 Å². The van der Waals surface area contributed by atoms with Gasteiger partial charge in [0.05, 0.1) is 22.2 Å². The van der Waals surface area contributed by atoms with Crippen molar-refractivity contribution < 1.29 is 10.0 Å². The van der Waals surface area contributed by atoms with Gasteiger partial charge in [-0.25, -0.2) is 9.36 Å². The second-order valence-corrected chi connectivity index (χ2v) is 3.81. The highest BCUT2D eigenvalue weighted by Crippen LogP contribution is 2.24. The molecule has 0 radical (unpaired) electrons. The second kappa shape index (κ2) is 4.41. The highest BCUT2D eigenvalue weighted by Gasteiger charge is 2.17. The molecule has 0 spiro atoms. The number of nitrogens with one attached hydrogen (secondary N) is 1. The van der Waals surface area contributed by atoms with Gasteiger partial charge in [-0.05, 0) is 13.0 Å². The van der Waals surface area contributed by atoms with Crippen LogP contribution in [0.3, 0.4) is 0 Å². The van der Waals surface area contributed by atoms with Crippen LogP contribution < -0.4 is 11.2 Å². The quantitative estimate of drug-likeness (QED) is 0.602. The average Bonchev–Trinajstić information content (AvgIpc) is 2.29. The highest BCUT2D eigenvalue weighted by molar-refractivity contribution is 5.53. The van der Waals surface area contributed by atoms with E-state index in [2.05, 4.69) is 0 Å². The maximum absolute atomic E-state index is 11.7. The maximum Gasteiger partial charge on any atom is 0.335 e. The van der Waals surface area contributed by atoms with Gasteiger partial charge in [-0.15, -0.1) is 0 Å². The molecule has 19 heavy (non-hydrogen) atoms. The summed E-state index contributed by atoms with van der Waals surface area (Å²) in [5.74, 6) is -0.586. The first-order chi connectivity index (χ1) is 8.91. The zero-order valence-corrected chi connectivity index (χ0v) is 9.78. The number of nitro groups is 1. The molecule has 0 bridgehead atoms. The third-order valence-corrected chi connectivity index (χ3v) is 2.64. The summed E-state index contributed by atoms with van der Waals surface area (Å²) < 4.78 is 0.795. The van der Waals surface area contributed by atoms with Gasteiger partial charge >= 0.3 is 5.69 Å². The molecular weight excluding hydrogens is 254 g/mol. The van der Waals surface area contributed by atoms with Crippen LogP contribution in [-0.4, -0.2) is 19.6 Å². The number of rotatable bonds is 2. The number of aromatic hydroxyl groups is 1. The Morgan fingerprint density at radius 1 is 1.37 bits per heavy atom. The number of benzene rings is 1. The van der Waals surface area contributed by atoms with E-state index >= 15 is 0 Å². The fourth-order valence-electron chi connectivity index (χ4n) is 1.77. The fraction of sp³-hybridized carbons (Fsp3) is 0.0909. The largest absolute Gasteiger partial charge is 0.494 e. The van der Waals surface area contributed by atoms with Crippen LogP contribution in [-0.2, 0) is 0 Å². The molecule has 0 aliphatic heterocycles. The number of aromatic nitrogens is 2. The van der Waals surface area contributed by atoms with E-state index in [1.54, 1.807) is 0 Å². The minimum Gasteiger partial charge on any atom is -0.494 e. The van der Waals surface area contributed by atoms with Crippen molar-refractivity contribution >= 4 is 5.69 Å². The molecule has 0 saturated carbocycles. The van der Waals surface area contributed by atoms with Crippen molar-refractivity contribution in [3.63, 3.8) is 0 Å². The minimum absolute atomic E-state index is 0.132. The van der Waals surface area contributed by atoms with Crippen LogP contribution in [0.4, 0.5) is 5.69 Å². The highest BCUT2D eigenvalue weighted by atomic mass is 16.6. The second-order valence-electron chi connectivity index (χ2n) is 3.81. The summed E-state index contributed by atoms with van der Waals surface area (Å²) in [5, 5.41) is 20.5. The number of H-pyrrole nitrogens is 1. The molecule has 2 N–H and O–H groups in total. The molecule has 0 unspecified atom stereocenters. The van der Waals surface area contributed by atoms with Gasteiger partial charge in [-0.3, -0.25) is 19.9 Å². The number of hydrogen-bond acceptors (Lipinski definition) is 5. The van der Waals surface area contributed by atoms with Gasteiger partial charge in [-0.1, -0.05) is 6.07 Å². The zero-order chi connectivity index (χ0) is 14.2. The molecule has 1 aromatic heterocycles. The van der Waals surface area contributed by atoms with Crippen LogP contribution in [0.15, 0.2) is 33.9 Å². The standard InChI is InChI=1S/C11H9N3O5/c1-6-7(3-2-4-8(6)14(18)19)13-10(16)5-9(15)12-11(13)17/h2-5,16H,1H3,(H,12,15,17). The van der Waals surface area contributed by atoms with Crippen molar-refractivity contribution in [2.75, 3.05) is 0 Å². The molecule has 8 heteroatoms. The van der Waals surface area contributed by atoms with Gasteiger partial charge in [0.25, 0.3) is 11.2 Å². The van der Waals surface area contributed by atoms with E-state index in [0.29, 0.717) is 0 Å². The summed E-state index contributed by atoms with van der Waals surface area (Å²) in [6.45, 7) is 1.45. The average molecular weight is 263 g/mol. The monoisotopic (exact) mass is 263 g/mol. The lowest BCUT2D eigenvalue weighted by molar-refractivity contribution is -0.385. The summed E-state index contributed by atoms with van der Waals surface area (Å²) in [6.07, 6.45) is 0. The molecular formula is C11H9N3O5. The molecule has 98 valence electrons. The van der Waals surface area contributed by atoms with E-state index in [9.17, 15) is 24.8 Å². The third-order valence-electron chi connectivity index (χ3n) is 2.64. The van der Waals surface area contributed by atoms with Crippen LogP contribution in [0.25, 0.3) is 5.69 Å². The predicted octanol–water partition coefficient (Wildman–Crippen LogP) is 0.448. The topological polar surface area (TPSA) is 118 Å². The maximum atomic E-state index is 11.7. The minimum atomic E-state index is -0.867. The van der Waals surface area contributed by atoms with Crippen molar-refractivity contribution in [2.24, 2.45) is 0 Å². The number of hydrogen-bond donors (Lipinski definition) is 2. The normalized spacial score (nSPS) is 10.4. The molecule has 0 aliphatic rings. The lowest BCUT2D eigenvalue weighted by atomic mass is 10.1. The fourth-order valence-corrected chi connectivity index (χ4v) is 1.77. The third kappa shape index (κ3) is 2.10. The summed E-state index contributed by atoms with van der Waals surface area (Å²) in [7, 11) is 0. The number of nitrogens with zero attached hydrogens (tertiary/aromatic N) is 2. The molecule has 1 heterocycles. The Balaban J connectivity index is 2.81. The summed E-state index contributed by atoms with van der Waals surface area (Å²) in [6, 6.07) is 4.92. The van der Waals surface area contributed by atoms with E-state index in [0.717, 1.165) is 10.6 Å². The molecule has 1 aromatic carbocycles. The molecule has 8 nitrogen and oxygen atoms in total. The number of nitro benzene ring substituents is 1. The van der Waals surface area contributed by atoms with Crippen LogP contribution in [0.5, 0.6) is 5.88 Å². The Kier molecular flexibility index (Phi) is 2.91. The van der Waals surface area contributed by atoms with Gasteiger partial charge in [0, 0.05) is 6.07 Å². The van der Waals surface area contributed by atoms with Crippen molar-refractivity contribution in [1.82, 2.24) is 9.55 Å². The van der Waals surface area contributed by atoms with Crippen LogP contribution in [0.2, 0.25) is 0 Å². The van der Waals surface area contributed by atoms with Gasteiger partial charge < -0.3 is 5.11 Å². The van der Waals surface area contributed by atoms with E-state index in [1.165, 1.54) is 25.1 Å². The van der Waals surface area contributed by atoms with Crippen molar-refractivity contribution in [2.45, 2.75) is 6.92 Å². The summed E-state index contributed by atoms with van der Waals surface area (Å²) in [4.78, 5) is 34.9. The van der Waals surface area contributed by atoms with Gasteiger partial charge in [0.1, 0.15) is 0 Å². The van der Waals surface area contributed by atoms with Crippen molar-refractivity contribution in [3.05, 3.63) is 60.8 Å². The van der Waals surface area contributed by atoms with Crippen LogP contribution in [0.1, 0.15) is 5.56 Å². The molecule has 0 saturated heterocycles. The Morgan fingerprint density at radius 3 is 2.63 bits per heavy atom. The molecule has 2 rings (SSSR count). The van der Waals surface area contributed by atoms with Crippen molar-refractivity contribution in [3.8, 4) is 11.6 Å². The number of aromatic amines is 1. The Morgan fingerprint density at radius 2 is 2.05 bits per heavy atom. The molecule has 0 atom stereocenters.